The van der Waals surface area contributed by atoms with E-state index in [0.29, 0.717) is 6.42 Å². The summed E-state index contributed by atoms with van der Waals surface area (Å²) in [5, 5.41) is 3.45. The van der Waals surface area contributed by atoms with Crippen LogP contribution in [0.5, 0.6) is 11.5 Å². The second kappa shape index (κ2) is 9.03. The molecule has 0 unspecified atom stereocenters. The van der Waals surface area contributed by atoms with Crippen LogP contribution in [0, 0.1) is 6.92 Å². The second-order valence-corrected chi connectivity index (χ2v) is 9.27. The highest BCUT2D eigenvalue weighted by molar-refractivity contribution is 5.95. The Bertz CT molecular complexity index is 1170. The quantitative estimate of drug-likeness (QED) is 0.413. The van der Waals surface area contributed by atoms with Crippen molar-refractivity contribution in [3.63, 3.8) is 0 Å². The summed E-state index contributed by atoms with van der Waals surface area (Å²) in [5.41, 5.74) is 6.64. The molecule has 3 aromatic rings. The number of Topliss-reactive ketones (excluding diaryl/α,β-unsaturated/α-hetero) is 1. The number of ketones is 1. The predicted molar refractivity (Wildman–Crippen MR) is 133 cm³/mol. The van der Waals surface area contributed by atoms with E-state index in [4.69, 9.17) is 9.47 Å². The minimum absolute atomic E-state index is 0. The number of benzene rings is 3. The molecule has 33 heavy (non-hydrogen) atoms. The molecule has 0 saturated heterocycles. The second-order valence-electron chi connectivity index (χ2n) is 9.27. The van der Waals surface area contributed by atoms with Crippen molar-refractivity contribution in [1.82, 2.24) is 5.32 Å². The fraction of sp³-hybridized carbons (Fsp3) is 0.345. The number of hydrogen-bond donors (Lipinski definition) is 1. The average molecular weight is 444 g/mol. The smallest absolute Gasteiger partial charge is 0.231 e. The monoisotopic (exact) mass is 443 g/mol. The molecule has 0 bridgehead atoms. The number of carbonyl (C=O) groups is 1. The highest BCUT2D eigenvalue weighted by atomic mass is 16.7. The Morgan fingerprint density at radius 2 is 1.73 bits per heavy atom. The maximum absolute atomic E-state index is 13.4. The molecule has 4 heteroatoms. The first-order valence-corrected chi connectivity index (χ1v) is 11.9. The number of carbonyl (C=O) groups excluding carboxylic acids is 1. The zero-order valence-electron chi connectivity index (χ0n) is 19.4. The molecular weight excluding hydrogens is 410 g/mol. The summed E-state index contributed by atoms with van der Waals surface area (Å²) in [7, 11) is 0. The summed E-state index contributed by atoms with van der Waals surface area (Å²) in [6.07, 6.45) is 3.38. The molecule has 2 aliphatic rings. The predicted octanol–water partition coefficient (Wildman–Crippen LogP) is 5.98. The molecular formula is C29H33NO3. The Morgan fingerprint density at radius 3 is 2.48 bits per heavy atom. The van der Waals surface area contributed by atoms with Crippen molar-refractivity contribution in [2.45, 2.75) is 51.5 Å². The molecule has 5 rings (SSSR count). The van der Waals surface area contributed by atoms with Crippen LogP contribution >= 0.6 is 0 Å². The van der Waals surface area contributed by atoms with Gasteiger partial charge in [0, 0.05) is 14.4 Å². The van der Waals surface area contributed by atoms with Crippen molar-refractivity contribution in [3.8, 4) is 22.6 Å². The Balaban J connectivity index is 0.00000274. The standard InChI is InChI=1S/C29H31NO3.H2/c1-3-14-30-18-21-6-8-23(9-7-21)25-15-22(5-4-20(25)2)16-28(31)29(12-13-29)24-10-11-26-27(17-24)33-19-32-26;/h4-11,15,17,30H,3,12-14,16,18-19H2,1-2H3;1H. The lowest BCUT2D eigenvalue weighted by Gasteiger charge is -2.16. The molecule has 1 saturated carbocycles. The number of rotatable bonds is 9. The number of hydrogen-bond acceptors (Lipinski definition) is 4. The molecule has 172 valence electrons. The molecule has 3 aromatic carbocycles. The summed E-state index contributed by atoms with van der Waals surface area (Å²) < 4.78 is 11.0. The van der Waals surface area contributed by atoms with Crippen LogP contribution in [0.3, 0.4) is 0 Å². The van der Waals surface area contributed by atoms with Crippen LogP contribution in [0.25, 0.3) is 11.1 Å². The molecule has 0 amide bonds. The summed E-state index contributed by atoms with van der Waals surface area (Å²) in [5.74, 6) is 1.79. The van der Waals surface area contributed by atoms with Gasteiger partial charge in [0.05, 0.1) is 5.41 Å². The summed E-state index contributed by atoms with van der Waals surface area (Å²) in [4.78, 5) is 13.4. The number of aryl methyl sites for hydroxylation is 1. The van der Waals surface area contributed by atoms with E-state index in [0.717, 1.165) is 55.0 Å². The third kappa shape index (κ3) is 4.40. The first-order chi connectivity index (χ1) is 16.1. The molecule has 0 atom stereocenters. The number of fused-ring (bicyclic) bond motifs is 1. The van der Waals surface area contributed by atoms with Crippen LogP contribution in [-0.4, -0.2) is 19.1 Å². The van der Waals surface area contributed by atoms with E-state index in [-0.39, 0.29) is 19.4 Å². The largest absolute Gasteiger partial charge is 0.454 e. The van der Waals surface area contributed by atoms with Gasteiger partial charge in [0.1, 0.15) is 5.78 Å². The van der Waals surface area contributed by atoms with Gasteiger partial charge in [-0.25, -0.2) is 0 Å². The van der Waals surface area contributed by atoms with Gasteiger partial charge >= 0.3 is 0 Å². The zero-order chi connectivity index (χ0) is 22.8. The van der Waals surface area contributed by atoms with E-state index in [2.05, 4.69) is 61.6 Å². The van der Waals surface area contributed by atoms with Crippen LogP contribution in [-0.2, 0) is 23.2 Å². The normalized spacial score (nSPS) is 15.5. The molecule has 0 radical (unpaired) electrons. The fourth-order valence-electron chi connectivity index (χ4n) is 4.70. The average Bonchev–Trinajstić information content (AvgIpc) is 3.52. The van der Waals surface area contributed by atoms with Crippen molar-refractivity contribution >= 4 is 5.78 Å². The van der Waals surface area contributed by atoms with Crippen molar-refractivity contribution < 1.29 is 15.7 Å². The SMILES string of the molecule is CCCNCc1ccc(-c2cc(CC(=O)C3(c4ccc5c(c4)OCO5)CC3)ccc2C)cc1.[HH]. The van der Waals surface area contributed by atoms with Gasteiger partial charge in [-0.1, -0.05) is 55.5 Å². The van der Waals surface area contributed by atoms with E-state index in [1.165, 1.54) is 22.3 Å². The molecule has 4 nitrogen and oxygen atoms in total. The van der Waals surface area contributed by atoms with Crippen LogP contribution in [0.15, 0.2) is 60.7 Å². The van der Waals surface area contributed by atoms with E-state index in [1.54, 1.807) is 0 Å². The van der Waals surface area contributed by atoms with Gasteiger partial charge in [0.15, 0.2) is 11.5 Å². The van der Waals surface area contributed by atoms with Gasteiger partial charge in [-0.05, 0) is 78.2 Å². The van der Waals surface area contributed by atoms with E-state index >= 15 is 0 Å². The van der Waals surface area contributed by atoms with Crippen LogP contribution in [0.4, 0.5) is 0 Å². The molecule has 1 fully saturated rings. The summed E-state index contributed by atoms with van der Waals surface area (Å²) in [6.45, 7) is 6.49. The van der Waals surface area contributed by atoms with Crippen LogP contribution in [0.2, 0.25) is 0 Å². The van der Waals surface area contributed by atoms with Gasteiger partial charge in [0.25, 0.3) is 0 Å². The van der Waals surface area contributed by atoms with Gasteiger partial charge in [-0.3, -0.25) is 4.79 Å². The van der Waals surface area contributed by atoms with Gasteiger partial charge in [-0.2, -0.15) is 0 Å². The highest BCUT2D eigenvalue weighted by Crippen LogP contribution is 2.51. The Morgan fingerprint density at radius 1 is 0.970 bits per heavy atom. The van der Waals surface area contributed by atoms with E-state index in [1.807, 2.05) is 18.2 Å². The summed E-state index contributed by atoms with van der Waals surface area (Å²) >= 11 is 0. The maximum atomic E-state index is 13.4. The number of ether oxygens (including phenoxy) is 2. The first kappa shape index (κ1) is 21.7. The molecule has 1 aliphatic heterocycles. The van der Waals surface area contributed by atoms with Crippen LogP contribution in [0.1, 0.15) is 49.9 Å². The number of nitrogens with one attached hydrogen (secondary N) is 1. The maximum Gasteiger partial charge on any atom is 0.231 e. The highest BCUT2D eigenvalue weighted by Gasteiger charge is 2.50. The molecule has 0 aromatic heterocycles. The minimum Gasteiger partial charge on any atom is -0.454 e. The lowest BCUT2D eigenvalue weighted by Crippen LogP contribution is -2.22. The topological polar surface area (TPSA) is 47.6 Å². The molecule has 1 N–H and O–H groups in total. The van der Waals surface area contributed by atoms with Crippen molar-refractivity contribution in [1.29, 1.82) is 0 Å². The van der Waals surface area contributed by atoms with Gasteiger partial charge in [-0.15, -0.1) is 0 Å². The van der Waals surface area contributed by atoms with E-state index < -0.39 is 0 Å². The fourth-order valence-corrected chi connectivity index (χ4v) is 4.70. The molecule has 1 aliphatic carbocycles. The Hall–Kier alpha value is -3.11. The minimum atomic E-state index is -0.376. The summed E-state index contributed by atoms with van der Waals surface area (Å²) in [6, 6.07) is 21.1. The van der Waals surface area contributed by atoms with E-state index in [9.17, 15) is 4.79 Å². The third-order valence-corrected chi connectivity index (χ3v) is 6.90. The van der Waals surface area contributed by atoms with Gasteiger partial charge in [0.2, 0.25) is 6.79 Å². The lowest BCUT2D eigenvalue weighted by molar-refractivity contribution is -0.120. The molecule has 1 heterocycles. The Kier molecular flexibility index (Phi) is 5.94. The lowest BCUT2D eigenvalue weighted by atomic mass is 9.87. The van der Waals surface area contributed by atoms with Crippen LogP contribution < -0.4 is 14.8 Å². The Labute approximate surface area is 197 Å². The zero-order valence-corrected chi connectivity index (χ0v) is 19.4. The van der Waals surface area contributed by atoms with Gasteiger partial charge < -0.3 is 14.8 Å². The van der Waals surface area contributed by atoms with Crippen molar-refractivity contribution in [2.24, 2.45) is 0 Å². The third-order valence-electron chi connectivity index (χ3n) is 6.90. The van der Waals surface area contributed by atoms with Crippen molar-refractivity contribution in [2.75, 3.05) is 13.3 Å². The van der Waals surface area contributed by atoms with Crippen molar-refractivity contribution in [3.05, 3.63) is 82.9 Å². The molecule has 0 spiro atoms. The first-order valence-electron chi connectivity index (χ1n) is 11.9.